The molecule has 3 atom stereocenters. The lowest BCUT2D eigenvalue weighted by atomic mass is 10.1. The Morgan fingerprint density at radius 2 is 2.10 bits per heavy atom. The third kappa shape index (κ3) is 4.17. The Labute approximate surface area is 131 Å². The van der Waals surface area contributed by atoms with Crippen LogP contribution in [0.4, 0.5) is 4.39 Å². The molecular formula is C16H22ClFN2O. The molecule has 0 radical (unpaired) electrons. The first-order valence-electron chi connectivity index (χ1n) is 7.48. The van der Waals surface area contributed by atoms with Crippen molar-refractivity contribution < 1.29 is 9.18 Å². The minimum absolute atomic E-state index is 0. The van der Waals surface area contributed by atoms with Crippen LogP contribution >= 0.6 is 12.4 Å². The second-order valence-corrected chi connectivity index (χ2v) is 5.94. The summed E-state index contributed by atoms with van der Waals surface area (Å²) in [4.78, 5) is 12.0. The molecule has 1 heterocycles. The fourth-order valence-electron chi connectivity index (χ4n) is 3.05. The number of nitrogens with one attached hydrogen (secondary N) is 2. The van der Waals surface area contributed by atoms with Crippen molar-refractivity contribution in [2.24, 2.45) is 11.8 Å². The number of halogens is 2. The van der Waals surface area contributed by atoms with Crippen molar-refractivity contribution in [1.82, 2.24) is 10.6 Å². The van der Waals surface area contributed by atoms with Gasteiger partial charge in [-0.2, -0.15) is 0 Å². The smallest absolute Gasteiger partial charge is 0.223 e. The fourth-order valence-corrected chi connectivity index (χ4v) is 3.05. The van der Waals surface area contributed by atoms with Crippen LogP contribution in [0.3, 0.4) is 0 Å². The molecule has 0 spiro atoms. The Bertz CT molecular complexity index is 474. The number of amides is 1. The van der Waals surface area contributed by atoms with E-state index in [1.54, 1.807) is 12.1 Å². The number of hydrogen-bond donors (Lipinski definition) is 2. The predicted octanol–water partition coefficient (Wildman–Crippen LogP) is 2.47. The van der Waals surface area contributed by atoms with E-state index in [1.807, 2.05) is 0 Å². The van der Waals surface area contributed by atoms with Gasteiger partial charge in [0.1, 0.15) is 5.82 Å². The van der Waals surface area contributed by atoms with Crippen LogP contribution in [-0.2, 0) is 4.79 Å². The van der Waals surface area contributed by atoms with Gasteiger partial charge in [0, 0.05) is 12.5 Å². The molecule has 1 aliphatic carbocycles. The average molecular weight is 313 g/mol. The van der Waals surface area contributed by atoms with E-state index < -0.39 is 0 Å². The van der Waals surface area contributed by atoms with E-state index in [-0.39, 0.29) is 36.0 Å². The van der Waals surface area contributed by atoms with Crippen molar-refractivity contribution in [3.8, 4) is 0 Å². The third-order valence-electron chi connectivity index (χ3n) is 4.44. The SMILES string of the molecule is Cl.O=C(NCCC1CCNC1)C1CC1c1ccc(F)cc1. The fraction of sp³-hybridized carbons (Fsp3) is 0.562. The number of carbonyl (C=O) groups is 1. The van der Waals surface area contributed by atoms with Crippen LogP contribution < -0.4 is 10.6 Å². The highest BCUT2D eigenvalue weighted by Crippen LogP contribution is 2.47. The molecule has 0 bridgehead atoms. The molecule has 3 unspecified atom stereocenters. The van der Waals surface area contributed by atoms with Gasteiger partial charge < -0.3 is 10.6 Å². The quantitative estimate of drug-likeness (QED) is 0.877. The molecule has 1 saturated carbocycles. The summed E-state index contributed by atoms with van der Waals surface area (Å²) in [5, 5.41) is 6.38. The van der Waals surface area contributed by atoms with Gasteiger partial charge in [-0.3, -0.25) is 4.79 Å². The van der Waals surface area contributed by atoms with Gasteiger partial charge in [-0.05, 0) is 61.9 Å². The predicted molar refractivity (Wildman–Crippen MR) is 83.1 cm³/mol. The van der Waals surface area contributed by atoms with Crippen LogP contribution in [0.25, 0.3) is 0 Å². The molecule has 1 aromatic rings. The van der Waals surface area contributed by atoms with Crippen LogP contribution in [-0.4, -0.2) is 25.5 Å². The summed E-state index contributed by atoms with van der Waals surface area (Å²) in [5.74, 6) is 1.01. The van der Waals surface area contributed by atoms with Crippen molar-refractivity contribution in [2.75, 3.05) is 19.6 Å². The van der Waals surface area contributed by atoms with Crippen molar-refractivity contribution in [2.45, 2.75) is 25.2 Å². The molecule has 5 heteroatoms. The zero-order chi connectivity index (χ0) is 13.9. The maximum atomic E-state index is 12.9. The van der Waals surface area contributed by atoms with E-state index in [9.17, 15) is 9.18 Å². The summed E-state index contributed by atoms with van der Waals surface area (Å²) in [6.45, 7) is 2.96. The molecule has 1 saturated heterocycles. The maximum Gasteiger partial charge on any atom is 0.223 e. The average Bonchev–Trinajstić information content (AvgIpc) is 3.08. The minimum Gasteiger partial charge on any atom is -0.356 e. The second-order valence-electron chi connectivity index (χ2n) is 5.94. The summed E-state index contributed by atoms with van der Waals surface area (Å²) < 4.78 is 12.9. The topological polar surface area (TPSA) is 41.1 Å². The molecule has 2 fully saturated rings. The molecule has 1 aromatic carbocycles. The molecule has 3 nitrogen and oxygen atoms in total. The van der Waals surface area contributed by atoms with Gasteiger partial charge in [-0.25, -0.2) is 4.39 Å². The highest BCUT2D eigenvalue weighted by molar-refractivity contribution is 5.85. The largest absolute Gasteiger partial charge is 0.356 e. The first-order chi connectivity index (χ1) is 9.74. The van der Waals surface area contributed by atoms with Gasteiger partial charge in [0.05, 0.1) is 0 Å². The summed E-state index contributed by atoms with van der Waals surface area (Å²) in [6.07, 6.45) is 3.17. The zero-order valence-corrected chi connectivity index (χ0v) is 12.8. The molecule has 21 heavy (non-hydrogen) atoms. The van der Waals surface area contributed by atoms with Gasteiger partial charge in [-0.1, -0.05) is 12.1 Å². The Balaban J connectivity index is 0.00000161. The first-order valence-corrected chi connectivity index (χ1v) is 7.48. The summed E-state index contributed by atoms with van der Waals surface area (Å²) in [5.41, 5.74) is 1.08. The summed E-state index contributed by atoms with van der Waals surface area (Å²) in [6, 6.07) is 6.51. The van der Waals surface area contributed by atoms with Gasteiger partial charge in [0.2, 0.25) is 5.91 Å². The molecule has 2 N–H and O–H groups in total. The Morgan fingerprint density at radius 1 is 1.33 bits per heavy atom. The van der Waals surface area contributed by atoms with Gasteiger partial charge >= 0.3 is 0 Å². The number of benzene rings is 1. The Morgan fingerprint density at radius 3 is 2.76 bits per heavy atom. The van der Waals surface area contributed by atoms with E-state index in [4.69, 9.17) is 0 Å². The lowest BCUT2D eigenvalue weighted by molar-refractivity contribution is -0.122. The normalized spacial score (nSPS) is 27.0. The summed E-state index contributed by atoms with van der Waals surface area (Å²) in [7, 11) is 0. The highest BCUT2D eigenvalue weighted by atomic mass is 35.5. The molecular weight excluding hydrogens is 291 g/mol. The van der Waals surface area contributed by atoms with Gasteiger partial charge in [0.15, 0.2) is 0 Å². The highest BCUT2D eigenvalue weighted by Gasteiger charge is 2.43. The van der Waals surface area contributed by atoms with E-state index in [0.29, 0.717) is 5.92 Å². The molecule has 0 aromatic heterocycles. The minimum atomic E-state index is -0.222. The molecule has 2 aliphatic rings. The molecule has 116 valence electrons. The van der Waals surface area contributed by atoms with Crippen molar-refractivity contribution in [3.05, 3.63) is 35.6 Å². The van der Waals surface area contributed by atoms with E-state index in [2.05, 4.69) is 10.6 Å². The lowest BCUT2D eigenvalue weighted by Crippen LogP contribution is -2.28. The van der Waals surface area contributed by atoms with Crippen molar-refractivity contribution in [1.29, 1.82) is 0 Å². The molecule has 3 rings (SSSR count). The van der Waals surface area contributed by atoms with Crippen LogP contribution in [0.1, 0.15) is 30.7 Å². The monoisotopic (exact) mass is 312 g/mol. The number of hydrogen-bond acceptors (Lipinski definition) is 2. The molecule has 1 amide bonds. The standard InChI is InChI=1S/C16H21FN2O.ClH/c17-13-3-1-12(2-4-13)14-9-15(14)16(20)19-8-6-11-5-7-18-10-11;/h1-4,11,14-15,18H,5-10H2,(H,19,20);1H. The second kappa shape index (κ2) is 7.23. The van der Waals surface area contributed by atoms with Gasteiger partial charge in [-0.15, -0.1) is 12.4 Å². The zero-order valence-electron chi connectivity index (χ0n) is 12.0. The number of rotatable bonds is 5. The van der Waals surface area contributed by atoms with Crippen LogP contribution in [0, 0.1) is 17.7 Å². The van der Waals surface area contributed by atoms with Crippen LogP contribution in [0.5, 0.6) is 0 Å². The Kier molecular flexibility index (Phi) is 5.59. The lowest BCUT2D eigenvalue weighted by Gasteiger charge is -2.09. The van der Waals surface area contributed by atoms with E-state index in [0.717, 1.165) is 38.0 Å². The van der Waals surface area contributed by atoms with E-state index in [1.165, 1.54) is 18.6 Å². The van der Waals surface area contributed by atoms with Crippen LogP contribution in [0.15, 0.2) is 24.3 Å². The van der Waals surface area contributed by atoms with E-state index >= 15 is 0 Å². The first kappa shape index (κ1) is 16.2. The number of carbonyl (C=O) groups excluding carboxylic acids is 1. The molecule has 1 aliphatic heterocycles. The van der Waals surface area contributed by atoms with Gasteiger partial charge in [0.25, 0.3) is 0 Å². The Hall–Kier alpha value is -1.13. The van der Waals surface area contributed by atoms with Crippen molar-refractivity contribution >= 4 is 18.3 Å². The maximum absolute atomic E-state index is 12.9. The third-order valence-corrected chi connectivity index (χ3v) is 4.44. The van der Waals surface area contributed by atoms with Crippen molar-refractivity contribution in [3.63, 3.8) is 0 Å². The van der Waals surface area contributed by atoms with Crippen LogP contribution in [0.2, 0.25) is 0 Å². The summed E-state index contributed by atoms with van der Waals surface area (Å²) >= 11 is 0.